The first-order chi connectivity index (χ1) is 8.64. The Morgan fingerprint density at radius 2 is 1.74 bits per heavy atom. The van der Waals surface area contributed by atoms with Crippen molar-refractivity contribution in [1.29, 1.82) is 0 Å². The van der Waals surface area contributed by atoms with E-state index in [1.807, 2.05) is 27.7 Å². The van der Waals surface area contributed by atoms with E-state index in [1.165, 1.54) is 0 Å². The maximum Gasteiger partial charge on any atom is 0.310 e. The van der Waals surface area contributed by atoms with Crippen molar-refractivity contribution < 1.29 is 14.3 Å². The summed E-state index contributed by atoms with van der Waals surface area (Å²) >= 11 is 0. The lowest BCUT2D eigenvalue weighted by atomic mass is 9.97. The van der Waals surface area contributed by atoms with Gasteiger partial charge in [-0.2, -0.15) is 0 Å². The van der Waals surface area contributed by atoms with Gasteiger partial charge < -0.3 is 9.47 Å². The lowest BCUT2D eigenvalue weighted by Crippen LogP contribution is -2.35. The molecule has 0 unspecified atom stereocenters. The van der Waals surface area contributed by atoms with Gasteiger partial charge in [0.2, 0.25) is 0 Å². The van der Waals surface area contributed by atoms with Crippen molar-refractivity contribution in [3.8, 4) is 0 Å². The standard InChI is InChI=1S/C16H26O3/c1-12(2)13(3)18-16(9-7-8-10-16)11-14(17)19-15(4,5)6/h1,3,7-11H2,2,4-6H3. The van der Waals surface area contributed by atoms with E-state index in [-0.39, 0.29) is 12.4 Å². The van der Waals surface area contributed by atoms with Gasteiger partial charge in [0.15, 0.2) is 0 Å². The highest BCUT2D eigenvalue weighted by Gasteiger charge is 2.40. The minimum absolute atomic E-state index is 0.205. The predicted octanol–water partition coefficient (Wildman–Crippen LogP) is 4.14. The molecule has 19 heavy (non-hydrogen) atoms. The zero-order valence-corrected chi connectivity index (χ0v) is 12.7. The summed E-state index contributed by atoms with van der Waals surface area (Å²) in [4.78, 5) is 12.0. The third-order valence-corrected chi connectivity index (χ3v) is 3.22. The molecule has 0 spiro atoms. The Labute approximate surface area is 116 Å². The lowest BCUT2D eigenvalue weighted by Gasteiger charge is -2.31. The highest BCUT2D eigenvalue weighted by atomic mass is 16.6. The molecule has 1 fully saturated rings. The molecule has 0 aliphatic heterocycles. The van der Waals surface area contributed by atoms with Crippen LogP contribution in [-0.4, -0.2) is 17.2 Å². The Hall–Kier alpha value is -1.25. The molecule has 3 nitrogen and oxygen atoms in total. The average molecular weight is 266 g/mol. The molecular weight excluding hydrogens is 240 g/mol. The molecule has 0 radical (unpaired) electrons. The average Bonchev–Trinajstić information content (AvgIpc) is 2.62. The van der Waals surface area contributed by atoms with Gasteiger partial charge in [-0.25, -0.2) is 0 Å². The van der Waals surface area contributed by atoms with Crippen molar-refractivity contribution in [3.05, 3.63) is 24.5 Å². The van der Waals surface area contributed by atoms with Crippen LogP contribution in [0.4, 0.5) is 0 Å². The van der Waals surface area contributed by atoms with E-state index in [1.54, 1.807) is 0 Å². The predicted molar refractivity (Wildman–Crippen MR) is 76.7 cm³/mol. The van der Waals surface area contributed by atoms with Crippen LogP contribution in [0.1, 0.15) is 59.8 Å². The van der Waals surface area contributed by atoms with Crippen LogP contribution in [0.5, 0.6) is 0 Å². The van der Waals surface area contributed by atoms with E-state index in [0.717, 1.165) is 31.3 Å². The monoisotopic (exact) mass is 266 g/mol. The minimum atomic E-state index is -0.456. The molecule has 0 atom stereocenters. The molecule has 0 saturated heterocycles. The number of esters is 1. The Balaban J connectivity index is 2.69. The van der Waals surface area contributed by atoms with Crippen LogP contribution < -0.4 is 0 Å². The molecule has 1 rings (SSSR count). The second-order valence-electron chi connectivity index (χ2n) is 6.46. The topological polar surface area (TPSA) is 35.5 Å². The molecule has 0 aromatic carbocycles. The Morgan fingerprint density at radius 3 is 2.16 bits per heavy atom. The van der Waals surface area contributed by atoms with Gasteiger partial charge in [0.1, 0.15) is 17.0 Å². The molecule has 0 heterocycles. The van der Waals surface area contributed by atoms with Crippen LogP contribution in [0.3, 0.4) is 0 Å². The molecule has 1 saturated carbocycles. The summed E-state index contributed by atoms with van der Waals surface area (Å²) in [5.74, 6) is 0.370. The van der Waals surface area contributed by atoms with Gasteiger partial charge in [-0.05, 0) is 59.0 Å². The van der Waals surface area contributed by atoms with Crippen molar-refractivity contribution in [2.75, 3.05) is 0 Å². The first-order valence-electron chi connectivity index (χ1n) is 6.89. The van der Waals surface area contributed by atoms with E-state index in [9.17, 15) is 4.79 Å². The Bertz CT molecular complexity index is 368. The molecule has 0 bridgehead atoms. The van der Waals surface area contributed by atoms with Crippen LogP contribution in [0.15, 0.2) is 24.5 Å². The summed E-state index contributed by atoms with van der Waals surface area (Å²) in [6.07, 6.45) is 4.19. The van der Waals surface area contributed by atoms with Crippen molar-refractivity contribution in [2.24, 2.45) is 0 Å². The van der Waals surface area contributed by atoms with Crippen molar-refractivity contribution in [3.63, 3.8) is 0 Å². The summed E-state index contributed by atoms with van der Waals surface area (Å²) in [5.41, 5.74) is -0.101. The van der Waals surface area contributed by atoms with E-state index < -0.39 is 11.2 Å². The van der Waals surface area contributed by atoms with Crippen molar-refractivity contribution >= 4 is 5.97 Å². The summed E-state index contributed by atoms with van der Waals surface area (Å²) in [5, 5.41) is 0. The largest absolute Gasteiger partial charge is 0.487 e. The second kappa shape index (κ2) is 5.81. The number of hydrogen-bond donors (Lipinski definition) is 0. The van der Waals surface area contributed by atoms with Gasteiger partial charge in [0, 0.05) is 0 Å². The maximum atomic E-state index is 12.0. The van der Waals surface area contributed by atoms with Gasteiger partial charge in [-0.15, -0.1) is 0 Å². The zero-order valence-electron chi connectivity index (χ0n) is 12.7. The van der Waals surface area contributed by atoms with Gasteiger partial charge >= 0.3 is 5.97 Å². The SMILES string of the molecule is C=C(C)C(=C)OC1(CC(=O)OC(C)(C)C)CCCC1. The van der Waals surface area contributed by atoms with Crippen molar-refractivity contribution in [2.45, 2.75) is 71.0 Å². The fourth-order valence-corrected chi connectivity index (χ4v) is 2.32. The van der Waals surface area contributed by atoms with Crippen LogP contribution >= 0.6 is 0 Å². The maximum absolute atomic E-state index is 12.0. The molecule has 3 heteroatoms. The van der Waals surface area contributed by atoms with E-state index in [4.69, 9.17) is 9.47 Å². The highest BCUT2D eigenvalue weighted by Crippen LogP contribution is 2.39. The van der Waals surface area contributed by atoms with Gasteiger partial charge in [0.05, 0.1) is 6.42 Å². The number of allylic oxidation sites excluding steroid dienone is 1. The number of ether oxygens (including phenoxy) is 2. The van der Waals surface area contributed by atoms with Crippen LogP contribution in [-0.2, 0) is 14.3 Å². The third kappa shape index (κ3) is 5.09. The minimum Gasteiger partial charge on any atom is -0.487 e. The molecule has 0 amide bonds. The molecule has 0 aromatic heterocycles. The Kier molecular flexibility index (Phi) is 4.83. The van der Waals surface area contributed by atoms with Crippen LogP contribution in [0, 0.1) is 0 Å². The normalized spacial score (nSPS) is 17.9. The van der Waals surface area contributed by atoms with Crippen LogP contribution in [0.25, 0.3) is 0 Å². The molecule has 1 aliphatic carbocycles. The number of rotatable bonds is 5. The third-order valence-electron chi connectivity index (χ3n) is 3.22. The smallest absolute Gasteiger partial charge is 0.310 e. The lowest BCUT2D eigenvalue weighted by molar-refractivity contribution is -0.160. The molecule has 0 aromatic rings. The number of hydrogen-bond acceptors (Lipinski definition) is 3. The number of carbonyl (C=O) groups is 1. The van der Waals surface area contributed by atoms with E-state index in [2.05, 4.69) is 13.2 Å². The van der Waals surface area contributed by atoms with Gasteiger partial charge in [-0.1, -0.05) is 13.2 Å². The first-order valence-corrected chi connectivity index (χ1v) is 6.89. The molecular formula is C16H26O3. The molecule has 0 N–H and O–H groups in total. The Morgan fingerprint density at radius 1 is 1.21 bits per heavy atom. The highest BCUT2D eigenvalue weighted by molar-refractivity contribution is 5.71. The van der Waals surface area contributed by atoms with Gasteiger partial charge in [-0.3, -0.25) is 4.79 Å². The summed E-state index contributed by atoms with van der Waals surface area (Å²) in [6.45, 7) is 15.2. The van der Waals surface area contributed by atoms with Crippen LogP contribution in [0.2, 0.25) is 0 Å². The van der Waals surface area contributed by atoms with Gasteiger partial charge in [0.25, 0.3) is 0 Å². The summed E-state index contributed by atoms with van der Waals surface area (Å²) in [6, 6.07) is 0. The zero-order chi connectivity index (χ0) is 14.7. The molecule has 1 aliphatic rings. The second-order valence-corrected chi connectivity index (χ2v) is 6.46. The first kappa shape index (κ1) is 15.8. The number of carbonyl (C=O) groups excluding carboxylic acids is 1. The fraction of sp³-hybridized carbons (Fsp3) is 0.688. The summed E-state index contributed by atoms with van der Waals surface area (Å²) in [7, 11) is 0. The summed E-state index contributed by atoms with van der Waals surface area (Å²) < 4.78 is 11.3. The molecule has 108 valence electrons. The van der Waals surface area contributed by atoms with E-state index in [0.29, 0.717) is 5.76 Å². The quantitative estimate of drug-likeness (QED) is 0.426. The fourth-order valence-electron chi connectivity index (χ4n) is 2.32. The van der Waals surface area contributed by atoms with Crippen molar-refractivity contribution in [1.82, 2.24) is 0 Å². The van der Waals surface area contributed by atoms with E-state index >= 15 is 0 Å².